The summed E-state index contributed by atoms with van der Waals surface area (Å²) in [5, 5.41) is 9.84. The molecule has 0 aromatic carbocycles. The molecule has 0 spiro atoms. The van der Waals surface area contributed by atoms with Crippen molar-refractivity contribution in [2.75, 3.05) is 20.1 Å². The zero-order valence-corrected chi connectivity index (χ0v) is 6.52. The van der Waals surface area contributed by atoms with Crippen LogP contribution < -0.4 is 5.32 Å². The van der Waals surface area contributed by atoms with Crippen molar-refractivity contribution in [2.45, 2.75) is 6.42 Å². The molecule has 1 fully saturated rings. The van der Waals surface area contributed by atoms with E-state index in [1.54, 1.807) is 11.9 Å². The van der Waals surface area contributed by atoms with Gasteiger partial charge in [0.05, 0.1) is 0 Å². The highest BCUT2D eigenvalue weighted by atomic mass is 19.1. The third kappa shape index (κ3) is 1.69. The van der Waals surface area contributed by atoms with E-state index in [4.69, 9.17) is 5.41 Å². The molecule has 4 heteroatoms. The molecule has 0 bridgehead atoms. The molecule has 2 N–H and O–H groups in total. The lowest BCUT2D eigenvalue weighted by molar-refractivity contribution is 0.293. The van der Waals surface area contributed by atoms with Crippen molar-refractivity contribution in [1.29, 1.82) is 5.41 Å². The summed E-state index contributed by atoms with van der Waals surface area (Å²) in [6.45, 7) is 1.62. The minimum absolute atomic E-state index is 0.00870. The molecule has 0 aromatic rings. The van der Waals surface area contributed by atoms with Gasteiger partial charge in [-0.2, -0.15) is 0 Å². The smallest absolute Gasteiger partial charge is 0.180 e. The fourth-order valence-corrected chi connectivity index (χ4v) is 0.886. The Morgan fingerprint density at radius 1 is 1.64 bits per heavy atom. The largest absolute Gasteiger partial charge is 0.392 e. The summed E-state index contributed by atoms with van der Waals surface area (Å²) in [5.74, 6) is -0.502. The first kappa shape index (κ1) is 8.04. The molecule has 62 valence electrons. The van der Waals surface area contributed by atoms with Crippen LogP contribution in [0, 0.1) is 5.41 Å². The van der Waals surface area contributed by atoms with Crippen LogP contribution in [-0.4, -0.2) is 30.9 Å². The average Bonchev–Trinajstić information content (AvgIpc) is 1.84. The highest BCUT2D eigenvalue weighted by Gasteiger charge is 2.19. The Labute approximate surface area is 65.4 Å². The summed E-state index contributed by atoms with van der Waals surface area (Å²) in [6, 6.07) is 0. The molecule has 0 aliphatic carbocycles. The molecule has 0 amide bonds. The van der Waals surface area contributed by atoms with E-state index in [9.17, 15) is 4.39 Å². The van der Waals surface area contributed by atoms with Gasteiger partial charge in [-0.1, -0.05) is 0 Å². The molecule has 1 heterocycles. The molecule has 3 nitrogen and oxygen atoms in total. The molecule has 0 atom stereocenters. The zero-order chi connectivity index (χ0) is 8.27. The van der Waals surface area contributed by atoms with Crippen LogP contribution in [0.4, 0.5) is 4.39 Å². The zero-order valence-electron chi connectivity index (χ0n) is 6.52. The highest BCUT2D eigenvalue weighted by Crippen LogP contribution is 2.11. The Bertz CT molecular complexity index is 184. The normalized spacial score (nSPS) is 17.6. The average molecular weight is 157 g/mol. The fraction of sp³-hybridized carbons (Fsp3) is 0.571. The number of nitrogens with one attached hydrogen (secondary N) is 2. The maximum absolute atomic E-state index is 12.8. The maximum atomic E-state index is 12.8. The Kier molecular flexibility index (Phi) is 2.46. The minimum atomic E-state index is -0.493. The van der Waals surface area contributed by atoms with Gasteiger partial charge in [-0.05, 0) is 6.42 Å². The van der Waals surface area contributed by atoms with Gasteiger partial charge in [0.15, 0.2) is 11.7 Å². The van der Waals surface area contributed by atoms with Gasteiger partial charge in [-0.25, -0.2) is 4.39 Å². The second kappa shape index (κ2) is 3.37. The summed E-state index contributed by atoms with van der Waals surface area (Å²) in [7, 11) is 1.61. The number of nitrogens with zero attached hydrogens (tertiary/aromatic N) is 1. The molecule has 0 aromatic heterocycles. The molecule has 1 saturated heterocycles. The summed E-state index contributed by atoms with van der Waals surface area (Å²) < 4.78 is 12.8. The number of halogens is 1. The van der Waals surface area contributed by atoms with Gasteiger partial charge in [-0.3, -0.25) is 5.41 Å². The van der Waals surface area contributed by atoms with Gasteiger partial charge in [-0.15, -0.1) is 0 Å². The van der Waals surface area contributed by atoms with Crippen molar-refractivity contribution in [2.24, 2.45) is 0 Å². The molecule has 1 rings (SSSR count). The monoisotopic (exact) mass is 157 g/mol. The van der Waals surface area contributed by atoms with Gasteiger partial charge in [0.2, 0.25) is 0 Å². The van der Waals surface area contributed by atoms with Crippen LogP contribution in [0.3, 0.4) is 0 Å². The predicted molar refractivity (Wildman–Crippen MR) is 42.2 cm³/mol. The van der Waals surface area contributed by atoms with Gasteiger partial charge < -0.3 is 10.2 Å². The highest BCUT2D eigenvalue weighted by molar-refractivity contribution is 5.94. The van der Waals surface area contributed by atoms with E-state index in [2.05, 4.69) is 5.32 Å². The van der Waals surface area contributed by atoms with Gasteiger partial charge in [0.1, 0.15) is 0 Å². The van der Waals surface area contributed by atoms with Crippen molar-refractivity contribution < 1.29 is 4.39 Å². The quantitative estimate of drug-likeness (QED) is 0.457. The molecular weight excluding hydrogens is 145 g/mol. The van der Waals surface area contributed by atoms with Crippen molar-refractivity contribution >= 4 is 5.84 Å². The van der Waals surface area contributed by atoms with E-state index in [0.717, 1.165) is 19.5 Å². The minimum Gasteiger partial charge on any atom is -0.392 e. The van der Waals surface area contributed by atoms with Crippen LogP contribution in [0.2, 0.25) is 0 Å². The van der Waals surface area contributed by atoms with Gasteiger partial charge in [0, 0.05) is 26.3 Å². The molecule has 1 aliphatic heterocycles. The number of hydrogen-bond donors (Lipinski definition) is 2. The van der Waals surface area contributed by atoms with E-state index in [-0.39, 0.29) is 5.84 Å². The fourth-order valence-electron chi connectivity index (χ4n) is 0.886. The summed E-state index contributed by atoms with van der Waals surface area (Å²) >= 11 is 0. The lowest BCUT2D eigenvalue weighted by Crippen LogP contribution is -2.42. The van der Waals surface area contributed by atoms with E-state index in [0.29, 0.717) is 0 Å². The first-order valence-corrected chi connectivity index (χ1v) is 3.62. The van der Waals surface area contributed by atoms with Crippen LogP contribution in [-0.2, 0) is 0 Å². The number of likely N-dealkylation sites (tertiary alicyclic amines) is 1. The Hall–Kier alpha value is -1.06. The lowest BCUT2D eigenvalue weighted by atomic mass is 10.2. The van der Waals surface area contributed by atoms with E-state index < -0.39 is 5.83 Å². The third-order valence-electron chi connectivity index (χ3n) is 1.67. The summed E-state index contributed by atoms with van der Waals surface area (Å²) in [5.41, 5.74) is 0. The number of hydrogen-bond acceptors (Lipinski definition) is 2. The Balaban J connectivity index is 2.45. The molecular formula is C7H12FN3. The van der Waals surface area contributed by atoms with Crippen molar-refractivity contribution in [3.05, 3.63) is 12.0 Å². The first-order valence-electron chi connectivity index (χ1n) is 3.62. The second-order valence-electron chi connectivity index (χ2n) is 2.47. The maximum Gasteiger partial charge on any atom is 0.180 e. The van der Waals surface area contributed by atoms with Crippen LogP contribution >= 0.6 is 0 Å². The van der Waals surface area contributed by atoms with Crippen LogP contribution in [0.5, 0.6) is 0 Å². The van der Waals surface area contributed by atoms with Crippen molar-refractivity contribution in [1.82, 2.24) is 10.2 Å². The predicted octanol–water partition coefficient (Wildman–Crippen LogP) is 0.700. The van der Waals surface area contributed by atoms with Crippen LogP contribution in [0.1, 0.15) is 6.42 Å². The summed E-state index contributed by atoms with van der Waals surface area (Å²) in [4.78, 5) is 1.70. The lowest BCUT2D eigenvalue weighted by Gasteiger charge is -2.32. The molecule has 0 radical (unpaired) electrons. The Morgan fingerprint density at radius 2 is 2.27 bits per heavy atom. The van der Waals surface area contributed by atoms with E-state index >= 15 is 0 Å². The topological polar surface area (TPSA) is 39.1 Å². The van der Waals surface area contributed by atoms with Crippen molar-refractivity contribution in [3.8, 4) is 0 Å². The standard InChI is InChI=1S/C7H12FN3/c1-10-5-6(8)7(9)11-3-2-4-11/h5,9-10H,2-4H2,1H3/b6-5+,9-7?. The SMILES string of the molecule is CN/C=C(/F)C(=N)N1CCC1. The van der Waals surface area contributed by atoms with E-state index in [1.165, 1.54) is 6.20 Å². The molecule has 11 heavy (non-hydrogen) atoms. The molecule has 0 saturated carbocycles. The molecule has 0 unspecified atom stereocenters. The molecule has 1 aliphatic rings. The summed E-state index contributed by atoms with van der Waals surface area (Å²) in [6.07, 6.45) is 2.26. The second-order valence-corrected chi connectivity index (χ2v) is 2.47. The third-order valence-corrected chi connectivity index (χ3v) is 1.67. The van der Waals surface area contributed by atoms with Crippen LogP contribution in [0.25, 0.3) is 0 Å². The van der Waals surface area contributed by atoms with Crippen molar-refractivity contribution in [3.63, 3.8) is 0 Å². The Morgan fingerprint density at radius 3 is 2.64 bits per heavy atom. The van der Waals surface area contributed by atoms with Crippen LogP contribution in [0.15, 0.2) is 12.0 Å². The first-order chi connectivity index (χ1) is 5.25. The van der Waals surface area contributed by atoms with Gasteiger partial charge in [0.25, 0.3) is 0 Å². The van der Waals surface area contributed by atoms with E-state index in [1.807, 2.05) is 0 Å². The number of rotatable bonds is 2. The number of amidine groups is 1. The van der Waals surface area contributed by atoms with Gasteiger partial charge >= 0.3 is 0 Å².